The Hall–Kier alpha value is -4.08. The van der Waals surface area contributed by atoms with Gasteiger partial charge < -0.3 is 19.9 Å². The molecule has 2 heterocycles. The number of anilines is 1. The lowest BCUT2D eigenvalue weighted by Crippen LogP contribution is -2.38. The van der Waals surface area contributed by atoms with Gasteiger partial charge in [-0.3, -0.25) is 9.78 Å². The number of fused-ring (bicyclic) bond motifs is 1. The van der Waals surface area contributed by atoms with Gasteiger partial charge in [-0.15, -0.1) is 11.8 Å². The standard InChI is InChI=1S/C34H31N3O4S/c1-22-31(21-42-27-10-3-2-4-11-27)40-34(41-32(22)24-16-14-23(20-38)15-17-24)25-8-7-9-26(18-25)36-33(39)30-19-35-28-12-5-6-13-29(28)37-30/h2-19,22,31-32,34,38H,20-21H2,1H3,(H,36,39). The molecule has 42 heavy (non-hydrogen) atoms. The number of hydrogen-bond donors (Lipinski definition) is 2. The first kappa shape index (κ1) is 28.1. The van der Waals surface area contributed by atoms with E-state index in [4.69, 9.17) is 9.47 Å². The highest BCUT2D eigenvalue weighted by Crippen LogP contribution is 2.43. The molecule has 1 saturated heterocycles. The first-order valence-electron chi connectivity index (χ1n) is 13.9. The molecule has 0 spiro atoms. The highest BCUT2D eigenvalue weighted by atomic mass is 32.2. The number of hydrogen-bond acceptors (Lipinski definition) is 7. The fourth-order valence-electron chi connectivity index (χ4n) is 5.03. The molecule has 0 saturated carbocycles. The van der Waals surface area contributed by atoms with Crippen molar-refractivity contribution in [2.45, 2.75) is 36.9 Å². The number of rotatable bonds is 8. The van der Waals surface area contributed by atoms with Gasteiger partial charge in [-0.1, -0.05) is 73.7 Å². The van der Waals surface area contributed by atoms with Crippen LogP contribution in [0.2, 0.25) is 0 Å². The number of amides is 1. The maximum Gasteiger partial charge on any atom is 0.275 e. The Morgan fingerprint density at radius 1 is 0.881 bits per heavy atom. The van der Waals surface area contributed by atoms with E-state index in [1.165, 1.54) is 11.1 Å². The summed E-state index contributed by atoms with van der Waals surface area (Å²) < 4.78 is 13.2. The number of ether oxygens (including phenoxy) is 2. The highest BCUT2D eigenvalue weighted by molar-refractivity contribution is 7.99. The van der Waals surface area contributed by atoms with Gasteiger partial charge >= 0.3 is 0 Å². The fraction of sp³-hybridized carbons (Fsp3) is 0.206. The number of benzene rings is 4. The first-order chi connectivity index (χ1) is 20.6. The van der Waals surface area contributed by atoms with Crippen molar-refractivity contribution in [1.29, 1.82) is 0 Å². The van der Waals surface area contributed by atoms with Crippen molar-refractivity contribution in [2.75, 3.05) is 11.1 Å². The molecule has 4 atom stereocenters. The Morgan fingerprint density at radius 3 is 2.43 bits per heavy atom. The maximum absolute atomic E-state index is 13.1. The lowest BCUT2D eigenvalue weighted by Gasteiger charge is -2.41. The van der Waals surface area contributed by atoms with Gasteiger partial charge in [0.25, 0.3) is 5.91 Å². The minimum Gasteiger partial charge on any atom is -0.392 e. The molecule has 0 aliphatic carbocycles. The second kappa shape index (κ2) is 12.8. The summed E-state index contributed by atoms with van der Waals surface area (Å²) in [6.07, 6.45) is 0.534. The highest BCUT2D eigenvalue weighted by Gasteiger charge is 2.38. The van der Waals surface area contributed by atoms with Gasteiger partial charge in [-0.25, -0.2) is 4.98 Å². The molecule has 5 aromatic rings. The minimum absolute atomic E-state index is 0.00721. The molecule has 4 aromatic carbocycles. The summed E-state index contributed by atoms with van der Waals surface area (Å²) in [7, 11) is 0. The normalized spacial score (nSPS) is 20.3. The van der Waals surface area contributed by atoms with E-state index >= 15 is 0 Å². The van der Waals surface area contributed by atoms with Crippen LogP contribution in [0.3, 0.4) is 0 Å². The quantitative estimate of drug-likeness (QED) is 0.193. The van der Waals surface area contributed by atoms with Crippen molar-refractivity contribution in [2.24, 2.45) is 5.92 Å². The predicted molar refractivity (Wildman–Crippen MR) is 164 cm³/mol. The van der Waals surface area contributed by atoms with Crippen molar-refractivity contribution < 1.29 is 19.4 Å². The summed E-state index contributed by atoms with van der Waals surface area (Å²) in [6, 6.07) is 33.1. The molecule has 0 radical (unpaired) electrons. The maximum atomic E-state index is 13.1. The number of nitrogens with zero attached hydrogens (tertiary/aromatic N) is 2. The van der Waals surface area contributed by atoms with Crippen LogP contribution >= 0.6 is 11.8 Å². The van der Waals surface area contributed by atoms with Crippen LogP contribution in [0.1, 0.15) is 46.5 Å². The van der Waals surface area contributed by atoms with E-state index < -0.39 is 6.29 Å². The second-order valence-electron chi connectivity index (χ2n) is 10.3. The average Bonchev–Trinajstić information content (AvgIpc) is 3.04. The summed E-state index contributed by atoms with van der Waals surface area (Å²) in [5.74, 6) is 0.489. The van der Waals surface area contributed by atoms with Crippen LogP contribution in [0.25, 0.3) is 11.0 Å². The smallest absolute Gasteiger partial charge is 0.275 e. The van der Waals surface area contributed by atoms with Gasteiger partial charge in [0.15, 0.2) is 6.29 Å². The predicted octanol–water partition coefficient (Wildman–Crippen LogP) is 6.96. The summed E-state index contributed by atoms with van der Waals surface area (Å²) in [6.45, 7) is 2.14. The Balaban J connectivity index is 1.23. The number of nitrogens with one attached hydrogen (secondary N) is 1. The van der Waals surface area contributed by atoms with Crippen LogP contribution in [0.5, 0.6) is 0 Å². The number of carbonyl (C=O) groups is 1. The van der Waals surface area contributed by atoms with Gasteiger partial charge in [0.2, 0.25) is 0 Å². The van der Waals surface area contributed by atoms with E-state index in [0.717, 1.165) is 28.0 Å². The summed E-state index contributed by atoms with van der Waals surface area (Å²) in [5, 5.41) is 12.5. The van der Waals surface area contributed by atoms with Crippen molar-refractivity contribution >= 4 is 34.4 Å². The first-order valence-corrected chi connectivity index (χ1v) is 14.9. The van der Waals surface area contributed by atoms with E-state index in [2.05, 4.69) is 34.3 Å². The number of aromatic nitrogens is 2. The molecule has 4 unspecified atom stereocenters. The van der Waals surface area contributed by atoms with E-state index in [1.54, 1.807) is 11.8 Å². The van der Waals surface area contributed by atoms with Crippen LogP contribution < -0.4 is 5.32 Å². The summed E-state index contributed by atoms with van der Waals surface area (Å²) in [5.41, 5.74) is 4.93. The van der Waals surface area contributed by atoms with Crippen molar-refractivity contribution in [3.63, 3.8) is 0 Å². The van der Waals surface area contributed by atoms with Gasteiger partial charge in [0.1, 0.15) is 5.69 Å². The average molecular weight is 578 g/mol. The van der Waals surface area contributed by atoms with Crippen LogP contribution in [-0.4, -0.2) is 32.8 Å². The number of thioether (sulfide) groups is 1. The third-order valence-electron chi connectivity index (χ3n) is 7.38. The molecule has 212 valence electrons. The largest absolute Gasteiger partial charge is 0.392 e. The van der Waals surface area contributed by atoms with Gasteiger partial charge in [0.05, 0.1) is 36.0 Å². The molecule has 1 aromatic heterocycles. The van der Waals surface area contributed by atoms with Crippen LogP contribution in [0, 0.1) is 5.92 Å². The minimum atomic E-state index is -0.637. The third kappa shape index (κ3) is 6.37. The van der Waals surface area contributed by atoms with E-state index in [9.17, 15) is 9.90 Å². The van der Waals surface area contributed by atoms with E-state index in [-0.39, 0.29) is 36.3 Å². The Kier molecular flexibility index (Phi) is 8.58. The summed E-state index contributed by atoms with van der Waals surface area (Å²) in [4.78, 5) is 23.1. The SMILES string of the molecule is CC1C(CSc2ccccc2)OC(c2cccc(NC(=O)c3cnc4ccccc4n3)c2)OC1c1ccc(CO)cc1. The molecule has 1 fully saturated rings. The second-order valence-corrected chi connectivity index (χ2v) is 11.4. The molecule has 2 N–H and O–H groups in total. The Morgan fingerprint density at radius 2 is 1.64 bits per heavy atom. The van der Waals surface area contributed by atoms with Crippen molar-refractivity contribution in [3.05, 3.63) is 132 Å². The zero-order chi connectivity index (χ0) is 28.9. The monoisotopic (exact) mass is 577 g/mol. The molecule has 6 rings (SSSR count). The lowest BCUT2D eigenvalue weighted by molar-refractivity contribution is -0.268. The summed E-state index contributed by atoms with van der Waals surface area (Å²) >= 11 is 1.76. The number of aliphatic hydroxyl groups excluding tert-OH is 1. The molecule has 1 aliphatic heterocycles. The van der Waals surface area contributed by atoms with Crippen LogP contribution in [0.4, 0.5) is 5.69 Å². The number of carbonyl (C=O) groups excluding carboxylic acids is 1. The molecule has 7 nitrogen and oxygen atoms in total. The van der Waals surface area contributed by atoms with Gasteiger partial charge in [-0.05, 0) is 47.5 Å². The number of para-hydroxylation sites is 2. The van der Waals surface area contributed by atoms with Gasteiger partial charge in [0, 0.05) is 27.8 Å². The number of aliphatic hydroxyl groups is 1. The van der Waals surface area contributed by atoms with Crippen molar-refractivity contribution in [3.8, 4) is 0 Å². The molecular weight excluding hydrogens is 546 g/mol. The zero-order valence-corrected chi connectivity index (χ0v) is 23.9. The van der Waals surface area contributed by atoms with Crippen LogP contribution in [0.15, 0.2) is 114 Å². The molecule has 1 amide bonds. The van der Waals surface area contributed by atoms with Crippen molar-refractivity contribution in [1.82, 2.24) is 9.97 Å². The Bertz CT molecular complexity index is 1670. The van der Waals surface area contributed by atoms with E-state index in [0.29, 0.717) is 11.2 Å². The fourth-order valence-corrected chi connectivity index (χ4v) is 6.12. The third-order valence-corrected chi connectivity index (χ3v) is 8.48. The zero-order valence-electron chi connectivity index (χ0n) is 23.1. The van der Waals surface area contributed by atoms with E-state index in [1.807, 2.05) is 91.0 Å². The molecule has 1 aliphatic rings. The van der Waals surface area contributed by atoms with Gasteiger partial charge in [-0.2, -0.15) is 0 Å². The molecule has 0 bridgehead atoms. The Labute approximate surface area is 248 Å². The molecule has 8 heteroatoms. The lowest BCUT2D eigenvalue weighted by atomic mass is 9.91. The topological polar surface area (TPSA) is 93.6 Å². The van der Waals surface area contributed by atoms with Crippen LogP contribution in [-0.2, 0) is 16.1 Å². The molecular formula is C34H31N3O4S.